The van der Waals surface area contributed by atoms with Crippen LogP contribution in [0.15, 0.2) is 71.6 Å². The maximum atomic E-state index is 12.6. The van der Waals surface area contributed by atoms with Crippen molar-refractivity contribution in [2.24, 2.45) is 0 Å². The highest BCUT2D eigenvalue weighted by molar-refractivity contribution is 7.89. The molecule has 3 aromatic carbocycles. The van der Waals surface area contributed by atoms with Crippen molar-refractivity contribution in [1.82, 2.24) is 4.72 Å². The molecule has 0 bridgehead atoms. The topological polar surface area (TPSA) is 87.3 Å². The fourth-order valence-electron chi connectivity index (χ4n) is 3.40. The molecule has 0 aliphatic carbocycles. The fraction of sp³-hybridized carbons (Fsp3) is 0.136. The first-order valence-electron chi connectivity index (χ1n) is 9.20. The number of fused-ring (bicyclic) bond motifs is 1. The van der Waals surface area contributed by atoms with Crippen molar-refractivity contribution in [2.75, 3.05) is 10.6 Å². The Morgan fingerprint density at radius 1 is 0.897 bits per heavy atom. The maximum Gasteiger partial charge on any atom is 0.255 e. The smallest absolute Gasteiger partial charge is 0.255 e. The number of sulfonamides is 1. The van der Waals surface area contributed by atoms with Gasteiger partial charge in [-0.15, -0.1) is 0 Å². The Morgan fingerprint density at radius 3 is 2.24 bits per heavy atom. The van der Waals surface area contributed by atoms with Crippen molar-refractivity contribution in [3.8, 4) is 0 Å². The second-order valence-corrected chi connectivity index (χ2v) is 8.72. The van der Waals surface area contributed by atoms with Gasteiger partial charge < -0.3 is 10.6 Å². The van der Waals surface area contributed by atoms with Crippen LogP contribution in [-0.4, -0.2) is 14.3 Å². The molecule has 6 nitrogen and oxygen atoms in total. The maximum absolute atomic E-state index is 12.6. The van der Waals surface area contributed by atoms with Gasteiger partial charge in [-0.25, -0.2) is 8.42 Å². The van der Waals surface area contributed by atoms with Crippen molar-refractivity contribution in [3.05, 3.63) is 89.0 Å². The van der Waals surface area contributed by atoms with Crippen LogP contribution in [-0.2, 0) is 10.0 Å². The molecule has 0 fully saturated rings. The van der Waals surface area contributed by atoms with E-state index < -0.39 is 16.2 Å². The minimum absolute atomic E-state index is 0.212. The lowest BCUT2D eigenvalue weighted by atomic mass is 10.1. The van der Waals surface area contributed by atoms with Crippen LogP contribution in [0.3, 0.4) is 0 Å². The van der Waals surface area contributed by atoms with Crippen molar-refractivity contribution >= 4 is 27.3 Å². The summed E-state index contributed by atoms with van der Waals surface area (Å²) in [6, 6.07) is 19.5. The summed E-state index contributed by atoms with van der Waals surface area (Å²) in [5.74, 6) is -0.212. The summed E-state index contributed by atoms with van der Waals surface area (Å²) < 4.78 is 27.6. The van der Waals surface area contributed by atoms with E-state index in [1.165, 1.54) is 0 Å². The Balaban J connectivity index is 1.55. The van der Waals surface area contributed by atoms with E-state index in [4.69, 9.17) is 0 Å². The van der Waals surface area contributed by atoms with E-state index in [1.54, 1.807) is 48.5 Å². The molecule has 3 aromatic rings. The molecule has 148 valence electrons. The van der Waals surface area contributed by atoms with Crippen LogP contribution in [0.4, 0.5) is 11.4 Å². The molecule has 7 heteroatoms. The highest BCUT2D eigenvalue weighted by Crippen LogP contribution is 2.31. The molecule has 0 aromatic heterocycles. The number of nitrogens with one attached hydrogen (secondary N) is 3. The summed E-state index contributed by atoms with van der Waals surface area (Å²) in [5.41, 5.74) is 4.55. The van der Waals surface area contributed by atoms with E-state index in [1.807, 2.05) is 32.0 Å². The van der Waals surface area contributed by atoms with Gasteiger partial charge in [-0.2, -0.15) is 4.72 Å². The van der Waals surface area contributed by atoms with E-state index in [0.29, 0.717) is 16.8 Å². The average molecular weight is 407 g/mol. The van der Waals surface area contributed by atoms with E-state index in [9.17, 15) is 13.2 Å². The van der Waals surface area contributed by atoms with Gasteiger partial charge in [-0.05, 0) is 54.8 Å². The van der Waals surface area contributed by atoms with Crippen LogP contribution in [0.25, 0.3) is 0 Å². The summed E-state index contributed by atoms with van der Waals surface area (Å²) in [6.45, 7) is 3.90. The SMILES string of the molecule is Cc1cccc(C)c1NC(=O)c1ccc([C@H]2Nc3ccccc3S(=O)(=O)N2)cc1. The quantitative estimate of drug-likeness (QED) is 0.613. The lowest BCUT2D eigenvalue weighted by molar-refractivity contribution is 0.102. The van der Waals surface area contributed by atoms with E-state index in [-0.39, 0.29) is 10.8 Å². The first kappa shape index (κ1) is 19.2. The third-order valence-corrected chi connectivity index (χ3v) is 6.46. The molecule has 0 radical (unpaired) electrons. The summed E-state index contributed by atoms with van der Waals surface area (Å²) in [5, 5.41) is 6.14. The number of carbonyl (C=O) groups excluding carboxylic acids is 1. The van der Waals surface area contributed by atoms with Crippen LogP contribution in [0, 0.1) is 13.8 Å². The summed E-state index contributed by atoms with van der Waals surface area (Å²) in [4.78, 5) is 12.9. The Hall–Kier alpha value is -3.16. The van der Waals surface area contributed by atoms with Gasteiger partial charge in [0.1, 0.15) is 11.1 Å². The van der Waals surface area contributed by atoms with Gasteiger partial charge in [0.2, 0.25) is 10.0 Å². The second-order valence-electron chi connectivity index (χ2n) is 7.04. The Kier molecular flexibility index (Phi) is 4.86. The molecule has 1 heterocycles. The number of amides is 1. The van der Waals surface area contributed by atoms with Gasteiger partial charge in [0.15, 0.2) is 0 Å². The molecular formula is C22H21N3O3S. The van der Waals surface area contributed by atoms with Crippen molar-refractivity contribution in [1.29, 1.82) is 0 Å². The molecule has 1 aliphatic rings. The highest BCUT2D eigenvalue weighted by atomic mass is 32.2. The van der Waals surface area contributed by atoms with Gasteiger partial charge in [0.05, 0.1) is 5.69 Å². The molecule has 0 saturated heterocycles. The minimum atomic E-state index is -3.61. The zero-order valence-corrected chi connectivity index (χ0v) is 16.9. The highest BCUT2D eigenvalue weighted by Gasteiger charge is 2.29. The van der Waals surface area contributed by atoms with Crippen LogP contribution < -0.4 is 15.4 Å². The van der Waals surface area contributed by atoms with Crippen molar-refractivity contribution in [3.63, 3.8) is 0 Å². The summed E-state index contributed by atoms with van der Waals surface area (Å²) >= 11 is 0. The molecule has 4 rings (SSSR count). The van der Waals surface area contributed by atoms with Crippen LogP contribution in [0.2, 0.25) is 0 Å². The summed E-state index contributed by atoms with van der Waals surface area (Å²) in [6.07, 6.45) is -0.606. The largest absolute Gasteiger partial charge is 0.364 e. The summed E-state index contributed by atoms with van der Waals surface area (Å²) in [7, 11) is -3.61. The lowest BCUT2D eigenvalue weighted by Gasteiger charge is -2.28. The molecule has 1 atom stereocenters. The number of rotatable bonds is 3. The van der Waals surface area contributed by atoms with E-state index in [0.717, 1.165) is 16.8 Å². The molecule has 3 N–H and O–H groups in total. The normalized spacial score (nSPS) is 17.1. The number of aryl methyl sites for hydroxylation is 2. The van der Waals surface area contributed by atoms with Gasteiger partial charge in [-0.1, -0.05) is 42.5 Å². The molecule has 0 saturated carbocycles. The molecule has 0 unspecified atom stereocenters. The number of hydrogen-bond acceptors (Lipinski definition) is 4. The van der Waals surface area contributed by atoms with Crippen LogP contribution >= 0.6 is 0 Å². The Bertz CT molecular complexity index is 1170. The molecule has 29 heavy (non-hydrogen) atoms. The van der Waals surface area contributed by atoms with Gasteiger partial charge in [-0.3, -0.25) is 4.79 Å². The predicted molar refractivity (Wildman–Crippen MR) is 113 cm³/mol. The molecule has 1 aliphatic heterocycles. The number of anilines is 2. The average Bonchev–Trinajstić information content (AvgIpc) is 2.70. The van der Waals surface area contributed by atoms with E-state index >= 15 is 0 Å². The number of benzene rings is 3. The standard InChI is InChI=1S/C22H21N3O3S/c1-14-6-5-7-15(2)20(14)24-22(26)17-12-10-16(11-13-17)21-23-18-8-3-4-9-19(18)29(27,28)25-21/h3-13,21,23,25H,1-2H3,(H,24,26)/t21-/m0/s1. The van der Waals surface area contributed by atoms with E-state index in [2.05, 4.69) is 15.4 Å². The monoisotopic (exact) mass is 407 g/mol. The molecule has 1 amide bonds. The van der Waals surface area contributed by atoms with Crippen LogP contribution in [0.5, 0.6) is 0 Å². The zero-order valence-electron chi connectivity index (χ0n) is 16.1. The van der Waals surface area contributed by atoms with Crippen molar-refractivity contribution < 1.29 is 13.2 Å². The lowest BCUT2D eigenvalue weighted by Crippen LogP contribution is -2.38. The van der Waals surface area contributed by atoms with Crippen LogP contribution in [0.1, 0.15) is 33.2 Å². The Morgan fingerprint density at radius 2 is 1.55 bits per heavy atom. The zero-order chi connectivity index (χ0) is 20.6. The first-order valence-corrected chi connectivity index (χ1v) is 10.7. The predicted octanol–water partition coefficient (Wildman–Crippen LogP) is 3.96. The minimum Gasteiger partial charge on any atom is -0.364 e. The fourth-order valence-corrected chi connectivity index (χ4v) is 4.71. The van der Waals surface area contributed by atoms with Gasteiger partial charge in [0, 0.05) is 11.3 Å². The number of hydrogen-bond donors (Lipinski definition) is 3. The number of para-hydroxylation sites is 2. The number of carbonyl (C=O) groups is 1. The second kappa shape index (κ2) is 7.35. The van der Waals surface area contributed by atoms with Gasteiger partial charge in [0.25, 0.3) is 5.91 Å². The third-order valence-electron chi connectivity index (χ3n) is 4.98. The Labute approximate surface area is 170 Å². The molecular weight excluding hydrogens is 386 g/mol. The van der Waals surface area contributed by atoms with Crippen molar-refractivity contribution in [2.45, 2.75) is 24.9 Å². The van der Waals surface area contributed by atoms with Gasteiger partial charge >= 0.3 is 0 Å². The third kappa shape index (κ3) is 3.74. The molecule has 0 spiro atoms. The first-order chi connectivity index (χ1) is 13.8.